The SMILES string of the molecule is C=C(C)C(=O)OC1C2CC3C1OC(=O)C3(C(=O)O)C2.C=C(C)C(=O)OC1C2CC3C1OC(=O)C3C2C(=O)O.C=CC(=O)OC1C2CC3C1OC(=O)C3(C(=O)O)C2.C=CC(=O)OC1C2CC3C1OC(=O)C3C2C(=O)O. The summed E-state index contributed by atoms with van der Waals surface area (Å²) in [7, 11) is 0. The van der Waals surface area contributed by atoms with Gasteiger partial charge in [-0.3, -0.25) is 38.4 Å². The van der Waals surface area contributed by atoms with Gasteiger partial charge in [-0.05, 0) is 52.4 Å². The minimum Gasteiger partial charge on any atom is -0.481 e. The average molecular weight is 1040 g/mol. The van der Waals surface area contributed by atoms with Crippen LogP contribution in [0.15, 0.2) is 49.6 Å². The highest BCUT2D eigenvalue weighted by atomic mass is 16.6. The molecule has 0 aromatic rings. The van der Waals surface area contributed by atoms with Crippen LogP contribution in [0.3, 0.4) is 0 Å². The van der Waals surface area contributed by atoms with E-state index in [1.54, 1.807) is 0 Å². The lowest BCUT2D eigenvalue weighted by molar-refractivity contribution is -0.163. The van der Waals surface area contributed by atoms with E-state index in [0.717, 1.165) is 12.2 Å². The fraction of sp³-hybridized carbons (Fsp3) is 0.600. The molecule has 0 aromatic carbocycles. The molecule has 0 aromatic heterocycles. The molecule has 12 fully saturated rings. The van der Waals surface area contributed by atoms with Gasteiger partial charge < -0.3 is 58.3 Å². The van der Waals surface area contributed by atoms with Gasteiger partial charge in [0.05, 0.1) is 23.7 Å². The summed E-state index contributed by atoms with van der Waals surface area (Å²) in [4.78, 5) is 138. The van der Waals surface area contributed by atoms with Crippen molar-refractivity contribution in [2.24, 2.45) is 81.8 Å². The fourth-order valence-electron chi connectivity index (χ4n) is 14.7. The molecule has 0 spiro atoms. The number of carbonyl (C=O) groups is 12. The summed E-state index contributed by atoms with van der Waals surface area (Å²) < 4.78 is 41.6. The number of carboxylic acid groups (broad SMARTS) is 4. The number of ether oxygens (including phenoxy) is 8. The molecular weight excluding hydrogens is 985 g/mol. The highest BCUT2D eigenvalue weighted by molar-refractivity contribution is 6.03. The molecule has 0 amide bonds. The maximum absolute atomic E-state index is 11.9. The summed E-state index contributed by atoms with van der Waals surface area (Å²) in [6.07, 6.45) is 0.121. The number of esters is 8. The molecule has 24 heteroatoms. The second-order valence-electron chi connectivity index (χ2n) is 21.1. The molecule has 22 unspecified atom stereocenters. The molecule has 4 aliphatic heterocycles. The Bertz CT molecular complexity index is 2630. The molecule has 8 saturated carbocycles. The minimum absolute atomic E-state index is 0.119. The van der Waals surface area contributed by atoms with Crippen LogP contribution in [0.5, 0.6) is 0 Å². The summed E-state index contributed by atoms with van der Waals surface area (Å²) in [5, 5.41) is 37.1. The molecular formula is C50H52O24. The molecule has 4 N–H and O–H groups in total. The van der Waals surface area contributed by atoms with Gasteiger partial charge in [0, 0.05) is 70.6 Å². The zero-order valence-electron chi connectivity index (χ0n) is 39.7. The zero-order chi connectivity index (χ0) is 53.9. The van der Waals surface area contributed by atoms with Gasteiger partial charge >= 0.3 is 71.6 Å². The van der Waals surface area contributed by atoms with Crippen LogP contribution in [0.4, 0.5) is 0 Å². The largest absolute Gasteiger partial charge is 0.481 e. The third kappa shape index (κ3) is 7.50. The third-order valence-electron chi connectivity index (χ3n) is 17.6. The van der Waals surface area contributed by atoms with Crippen molar-refractivity contribution in [3.63, 3.8) is 0 Å². The third-order valence-corrected chi connectivity index (χ3v) is 17.6. The molecule has 24 nitrogen and oxygen atoms in total. The standard InChI is InChI=1S/2C13H14O6.2C12H12O6/c1-5(2)10(14)18-8-6-3-7-9(8)19-12(17)13(7,4-6)11(15)16;1-4(2)12(16)18-9-5-3-6-8(7(5)11(14)15)13(17)19-10(6)9;1-2-7(13)17-8-5-3-6-9(8)18-11(16)12(6,4-5)10(14)15;1-2-6(13)17-9-4-3-5-8(7(4)11(14)15)12(16)18-10(5)9/h6-9H,1,3-4H2,2H3,(H,15,16);5-10H,1,3H2,2H3,(H,14,15);2,5-6,8-9H,1,3-4H2,(H,14,15);2,4-5,7-10H,1,3H2,(H,14,15). The van der Waals surface area contributed by atoms with Gasteiger partial charge in [-0.1, -0.05) is 26.3 Å². The predicted octanol–water partition coefficient (Wildman–Crippen LogP) is 0.974. The number of rotatable bonds is 12. The van der Waals surface area contributed by atoms with Crippen molar-refractivity contribution in [3.8, 4) is 0 Å². The maximum Gasteiger partial charge on any atom is 0.333 e. The van der Waals surface area contributed by atoms with Gasteiger partial charge in [0.2, 0.25) is 0 Å². The highest BCUT2D eigenvalue weighted by Gasteiger charge is 2.77. The normalized spacial score (nSPS) is 42.8. The second-order valence-corrected chi connectivity index (χ2v) is 21.1. The van der Waals surface area contributed by atoms with Crippen LogP contribution < -0.4 is 0 Å². The number of fused-ring (bicyclic) bond motifs is 4. The van der Waals surface area contributed by atoms with E-state index in [4.69, 9.17) is 37.9 Å². The summed E-state index contributed by atoms with van der Waals surface area (Å²) in [6.45, 7) is 16.7. The van der Waals surface area contributed by atoms with E-state index in [-0.39, 0.29) is 71.3 Å². The summed E-state index contributed by atoms with van der Waals surface area (Å²) in [6, 6.07) is 0. The van der Waals surface area contributed by atoms with E-state index in [9.17, 15) is 78.0 Å². The Kier molecular flexibility index (Phi) is 12.7. The smallest absolute Gasteiger partial charge is 0.333 e. The molecule has 4 heterocycles. The molecule has 8 bridgehead atoms. The first-order valence-electron chi connectivity index (χ1n) is 24.0. The first-order chi connectivity index (χ1) is 34.8. The lowest BCUT2D eigenvalue weighted by Gasteiger charge is -2.29. The second kappa shape index (κ2) is 18.2. The van der Waals surface area contributed by atoms with Gasteiger partial charge in [0.15, 0.2) is 10.8 Å². The Morgan fingerprint density at radius 3 is 1.22 bits per heavy atom. The summed E-state index contributed by atoms with van der Waals surface area (Å²) in [5.41, 5.74) is -2.31. The van der Waals surface area contributed by atoms with Crippen molar-refractivity contribution in [2.75, 3.05) is 0 Å². The van der Waals surface area contributed by atoms with Gasteiger partial charge in [-0.15, -0.1) is 0 Å². The number of carbonyl (C=O) groups excluding carboxylic acids is 8. The Morgan fingerprint density at radius 1 is 0.514 bits per heavy atom. The van der Waals surface area contributed by atoms with Crippen LogP contribution in [0.2, 0.25) is 0 Å². The van der Waals surface area contributed by atoms with Crippen LogP contribution in [-0.2, 0) is 95.4 Å². The highest BCUT2D eigenvalue weighted by Crippen LogP contribution is 2.64. The van der Waals surface area contributed by atoms with Crippen LogP contribution >= 0.6 is 0 Å². The average Bonchev–Trinajstić information content (AvgIpc) is 4.21. The van der Waals surface area contributed by atoms with Crippen LogP contribution in [0.1, 0.15) is 52.4 Å². The van der Waals surface area contributed by atoms with E-state index in [1.807, 2.05) is 0 Å². The Morgan fingerprint density at radius 2 is 0.865 bits per heavy atom. The van der Waals surface area contributed by atoms with Crippen molar-refractivity contribution in [1.82, 2.24) is 0 Å². The molecule has 396 valence electrons. The summed E-state index contributed by atoms with van der Waals surface area (Å²) >= 11 is 0. The van der Waals surface area contributed by atoms with E-state index in [2.05, 4.69) is 26.3 Å². The molecule has 8 aliphatic carbocycles. The van der Waals surface area contributed by atoms with Gasteiger partial charge in [-0.2, -0.15) is 0 Å². The van der Waals surface area contributed by atoms with E-state index < -0.39 is 155 Å². The summed E-state index contributed by atoms with van der Waals surface area (Å²) in [5.74, 6) is -13.6. The molecule has 74 heavy (non-hydrogen) atoms. The fourth-order valence-corrected chi connectivity index (χ4v) is 14.7. The zero-order valence-corrected chi connectivity index (χ0v) is 39.7. The molecule has 12 rings (SSSR count). The van der Waals surface area contributed by atoms with Crippen LogP contribution in [-0.4, -0.2) is 141 Å². The van der Waals surface area contributed by atoms with Crippen LogP contribution in [0, 0.1) is 81.8 Å². The Hall–Kier alpha value is -7.40. The van der Waals surface area contributed by atoms with Crippen molar-refractivity contribution >= 4 is 71.6 Å². The van der Waals surface area contributed by atoms with Gasteiger partial charge in [0.25, 0.3) is 0 Å². The van der Waals surface area contributed by atoms with E-state index in [1.165, 1.54) is 13.8 Å². The number of hydrogen-bond donors (Lipinski definition) is 4. The maximum atomic E-state index is 11.9. The lowest BCUT2D eigenvalue weighted by atomic mass is 9.73. The molecule has 0 radical (unpaired) electrons. The number of carboxylic acids is 4. The Balaban J connectivity index is 0.000000121. The lowest BCUT2D eigenvalue weighted by Crippen LogP contribution is -2.44. The topological polar surface area (TPSA) is 360 Å². The number of aliphatic carboxylic acids is 4. The molecule has 4 saturated heterocycles. The van der Waals surface area contributed by atoms with E-state index >= 15 is 0 Å². The van der Waals surface area contributed by atoms with Gasteiger partial charge in [0.1, 0.15) is 48.8 Å². The molecule has 22 atom stereocenters. The Labute approximate surface area is 419 Å². The monoisotopic (exact) mass is 1040 g/mol. The molecule has 12 aliphatic rings. The van der Waals surface area contributed by atoms with Crippen molar-refractivity contribution in [1.29, 1.82) is 0 Å². The first-order valence-corrected chi connectivity index (χ1v) is 24.0. The number of hydrogen-bond acceptors (Lipinski definition) is 20. The van der Waals surface area contributed by atoms with Crippen molar-refractivity contribution in [3.05, 3.63) is 49.6 Å². The van der Waals surface area contributed by atoms with Crippen LogP contribution in [0.25, 0.3) is 0 Å². The predicted molar refractivity (Wildman–Crippen MR) is 234 cm³/mol. The van der Waals surface area contributed by atoms with Crippen molar-refractivity contribution < 1.29 is 116 Å². The van der Waals surface area contributed by atoms with Crippen molar-refractivity contribution in [2.45, 2.75) is 101 Å². The minimum atomic E-state index is -1.42. The van der Waals surface area contributed by atoms with E-state index in [0.29, 0.717) is 25.7 Å². The van der Waals surface area contributed by atoms with Gasteiger partial charge in [-0.25, -0.2) is 19.2 Å². The quantitative estimate of drug-likeness (QED) is 0.0915. The first kappa shape index (κ1) is 51.5.